The molecule has 0 bridgehead atoms. The lowest BCUT2D eigenvalue weighted by atomic mass is 9.93. The van der Waals surface area contributed by atoms with Crippen molar-refractivity contribution >= 4 is 27.5 Å². The highest BCUT2D eigenvalue weighted by molar-refractivity contribution is 7.92. The Morgan fingerprint density at radius 1 is 1.05 bits per heavy atom. The van der Waals surface area contributed by atoms with E-state index in [1.54, 1.807) is 27.8 Å². The summed E-state index contributed by atoms with van der Waals surface area (Å²) in [4.78, 5) is 31.2. The average Bonchev–Trinajstić information content (AvgIpc) is 3.36. The van der Waals surface area contributed by atoms with Gasteiger partial charge in [-0.15, -0.1) is 0 Å². The predicted octanol–water partition coefficient (Wildman–Crippen LogP) is 4.15. The molecule has 2 N–H and O–H groups in total. The molecule has 226 valence electrons. The third-order valence-corrected chi connectivity index (χ3v) is 8.15. The first-order valence-electron chi connectivity index (χ1n) is 14.5. The lowest BCUT2D eigenvalue weighted by molar-refractivity contribution is 0.0544. The number of aromatic nitrogens is 2. The first-order chi connectivity index (χ1) is 20.1. The van der Waals surface area contributed by atoms with Gasteiger partial charge >= 0.3 is 0 Å². The highest BCUT2D eigenvalue weighted by Gasteiger charge is 2.32. The molecule has 1 atom stereocenters. The normalized spacial score (nSPS) is 14.9. The predicted molar refractivity (Wildman–Crippen MR) is 163 cm³/mol. The van der Waals surface area contributed by atoms with E-state index in [2.05, 4.69) is 23.7 Å². The van der Waals surface area contributed by atoms with Crippen LogP contribution in [0.15, 0.2) is 48.5 Å². The monoisotopic (exact) mass is 595 g/mol. The molecule has 1 aliphatic rings. The highest BCUT2D eigenvalue weighted by Crippen LogP contribution is 2.29. The van der Waals surface area contributed by atoms with E-state index in [-0.39, 0.29) is 35.4 Å². The van der Waals surface area contributed by atoms with Crippen LogP contribution in [0, 0.1) is 6.92 Å². The van der Waals surface area contributed by atoms with E-state index in [0.29, 0.717) is 37.4 Å². The third-order valence-electron chi connectivity index (χ3n) is 7.54. The number of nitrogens with one attached hydrogen (secondary N) is 1. The minimum absolute atomic E-state index is 0.157. The summed E-state index contributed by atoms with van der Waals surface area (Å²) >= 11 is 0. The fourth-order valence-corrected chi connectivity index (χ4v) is 5.87. The lowest BCUT2D eigenvalue weighted by Gasteiger charge is -2.36. The van der Waals surface area contributed by atoms with Crippen LogP contribution in [-0.2, 0) is 23.0 Å². The summed E-state index contributed by atoms with van der Waals surface area (Å²) in [6.45, 7) is 7.37. The summed E-state index contributed by atoms with van der Waals surface area (Å²) in [7, 11) is -3.61. The van der Waals surface area contributed by atoms with Crippen LogP contribution in [0.1, 0.15) is 77.2 Å². The fourth-order valence-electron chi connectivity index (χ4n) is 5.31. The molecule has 2 aromatic carbocycles. The van der Waals surface area contributed by atoms with Gasteiger partial charge in [-0.1, -0.05) is 51.0 Å². The zero-order valence-electron chi connectivity index (χ0n) is 24.8. The number of benzene rings is 2. The summed E-state index contributed by atoms with van der Waals surface area (Å²) in [6, 6.07) is 13.8. The van der Waals surface area contributed by atoms with E-state index < -0.39 is 16.1 Å². The smallest absolute Gasteiger partial charge is 0.274 e. The topological polar surface area (TPSA) is 125 Å². The van der Waals surface area contributed by atoms with Crippen molar-refractivity contribution in [2.45, 2.75) is 65.5 Å². The highest BCUT2D eigenvalue weighted by atomic mass is 32.2. The Morgan fingerprint density at radius 2 is 1.71 bits per heavy atom. The number of hydrogen-bond acceptors (Lipinski definition) is 6. The van der Waals surface area contributed by atoms with Crippen LogP contribution in [0.5, 0.6) is 0 Å². The second-order valence-electron chi connectivity index (χ2n) is 10.9. The van der Waals surface area contributed by atoms with E-state index in [1.165, 1.54) is 6.07 Å². The second-order valence-corrected chi connectivity index (χ2v) is 12.7. The lowest BCUT2D eigenvalue weighted by Crippen LogP contribution is -2.46. The van der Waals surface area contributed by atoms with Gasteiger partial charge in [0, 0.05) is 31.0 Å². The van der Waals surface area contributed by atoms with Gasteiger partial charge in [0.2, 0.25) is 10.0 Å². The van der Waals surface area contributed by atoms with Gasteiger partial charge < -0.3 is 14.9 Å². The molecule has 42 heavy (non-hydrogen) atoms. The number of nitrogens with zero attached hydrogens (tertiary/aromatic N) is 4. The van der Waals surface area contributed by atoms with Gasteiger partial charge in [0.1, 0.15) is 0 Å². The van der Waals surface area contributed by atoms with Gasteiger partial charge in [-0.2, -0.15) is 5.10 Å². The largest absolute Gasteiger partial charge is 0.394 e. The van der Waals surface area contributed by atoms with Crippen LogP contribution in [0.4, 0.5) is 5.69 Å². The van der Waals surface area contributed by atoms with Crippen molar-refractivity contribution < 1.29 is 23.1 Å². The zero-order chi connectivity index (χ0) is 30.4. The van der Waals surface area contributed by atoms with Gasteiger partial charge in [-0.05, 0) is 61.6 Å². The molecule has 1 aromatic heterocycles. The van der Waals surface area contributed by atoms with Crippen molar-refractivity contribution in [3.05, 3.63) is 76.6 Å². The van der Waals surface area contributed by atoms with Crippen LogP contribution in [0.3, 0.4) is 0 Å². The Labute approximate surface area is 248 Å². The van der Waals surface area contributed by atoms with Crippen molar-refractivity contribution in [2.75, 3.05) is 30.7 Å². The molecule has 0 aliphatic carbocycles. The fraction of sp³-hybridized carbons (Fsp3) is 0.452. The van der Waals surface area contributed by atoms with Gasteiger partial charge in [-0.25, -0.2) is 13.1 Å². The summed E-state index contributed by atoms with van der Waals surface area (Å²) in [5.41, 5.74) is 3.87. The number of sulfonamides is 1. The standard InChI is InChI=1S/C31H41N5O5S/c1-5-7-15-34(16-8-6-2)31(39)28-17-22(3)36(32-28)29-14-13-25(33-42(4,40)41)19-27(29)30(38)35-20-24-12-10-9-11-23(24)18-26(35)21-37/h9-14,17,19,26,33,37H,5-8,15-16,18,20-21H2,1-4H3/t26-/m0/s1. The first-order valence-corrected chi connectivity index (χ1v) is 16.4. The SMILES string of the molecule is CCCCN(CCCC)C(=O)c1cc(C)n(-c2ccc(NS(C)(=O)=O)cc2C(=O)N2Cc3ccccc3C[C@H]2CO)n1. The molecule has 0 radical (unpaired) electrons. The molecule has 0 fully saturated rings. The maximum absolute atomic E-state index is 14.2. The van der Waals surface area contributed by atoms with E-state index in [1.807, 2.05) is 36.1 Å². The Kier molecular flexibility index (Phi) is 10.1. The number of fused-ring (bicyclic) bond motifs is 1. The number of unbranched alkanes of at least 4 members (excludes halogenated alkanes) is 2. The summed E-state index contributed by atoms with van der Waals surface area (Å²) in [5.74, 6) is -0.527. The van der Waals surface area contributed by atoms with Crippen LogP contribution < -0.4 is 4.72 Å². The Balaban J connectivity index is 1.76. The van der Waals surface area contributed by atoms with Crippen molar-refractivity contribution in [1.82, 2.24) is 19.6 Å². The van der Waals surface area contributed by atoms with E-state index in [9.17, 15) is 23.1 Å². The molecular weight excluding hydrogens is 554 g/mol. The van der Waals surface area contributed by atoms with Crippen LogP contribution in [-0.4, -0.2) is 76.9 Å². The second kappa shape index (κ2) is 13.5. The maximum Gasteiger partial charge on any atom is 0.274 e. The molecular formula is C31H41N5O5S. The number of aliphatic hydroxyl groups excluding tert-OH is 1. The number of aryl methyl sites for hydroxylation is 1. The molecule has 0 saturated carbocycles. The summed E-state index contributed by atoms with van der Waals surface area (Å²) < 4.78 is 28.1. The van der Waals surface area contributed by atoms with Crippen molar-refractivity contribution in [2.24, 2.45) is 0 Å². The van der Waals surface area contributed by atoms with Crippen molar-refractivity contribution in [3.63, 3.8) is 0 Å². The number of aliphatic hydroxyl groups is 1. The quantitative estimate of drug-likeness (QED) is 0.324. The van der Waals surface area contributed by atoms with Crippen LogP contribution in [0.25, 0.3) is 5.69 Å². The third kappa shape index (κ3) is 7.19. The minimum Gasteiger partial charge on any atom is -0.394 e. The van der Waals surface area contributed by atoms with Gasteiger partial charge in [0.25, 0.3) is 11.8 Å². The molecule has 10 nitrogen and oxygen atoms in total. The molecule has 2 heterocycles. The molecule has 4 rings (SSSR count). The van der Waals surface area contributed by atoms with Gasteiger partial charge in [0.05, 0.1) is 30.2 Å². The molecule has 3 aromatic rings. The first kappa shape index (κ1) is 31.2. The van der Waals surface area contributed by atoms with Gasteiger partial charge in [-0.3, -0.25) is 14.3 Å². The molecule has 0 unspecified atom stereocenters. The van der Waals surface area contributed by atoms with Crippen LogP contribution in [0.2, 0.25) is 0 Å². The number of amides is 2. The van der Waals surface area contributed by atoms with Crippen molar-refractivity contribution in [1.29, 1.82) is 0 Å². The van der Waals surface area contributed by atoms with E-state index in [0.717, 1.165) is 43.1 Å². The average molecular weight is 596 g/mol. The number of rotatable bonds is 12. The Hall–Kier alpha value is -3.70. The number of hydrogen-bond donors (Lipinski definition) is 2. The Morgan fingerprint density at radius 3 is 2.33 bits per heavy atom. The number of carbonyl (C=O) groups excluding carboxylic acids is 2. The molecule has 0 spiro atoms. The van der Waals surface area contributed by atoms with Crippen molar-refractivity contribution in [3.8, 4) is 5.69 Å². The molecule has 11 heteroatoms. The van der Waals surface area contributed by atoms with Gasteiger partial charge in [0.15, 0.2) is 5.69 Å². The number of carbonyl (C=O) groups is 2. The summed E-state index contributed by atoms with van der Waals surface area (Å²) in [5, 5.41) is 14.9. The van der Waals surface area contributed by atoms with Crippen LogP contribution >= 0.6 is 0 Å². The zero-order valence-corrected chi connectivity index (χ0v) is 25.7. The van der Waals surface area contributed by atoms with E-state index in [4.69, 9.17) is 0 Å². The van der Waals surface area contributed by atoms with E-state index >= 15 is 0 Å². The molecule has 0 saturated heterocycles. The molecule has 1 aliphatic heterocycles. The Bertz CT molecular complexity index is 1530. The minimum atomic E-state index is -3.61. The maximum atomic E-state index is 14.2. The molecule has 2 amide bonds. The number of anilines is 1. The summed E-state index contributed by atoms with van der Waals surface area (Å²) in [6.07, 6.45) is 5.28.